The van der Waals surface area contributed by atoms with Gasteiger partial charge in [-0.2, -0.15) is 0 Å². The fourth-order valence-electron chi connectivity index (χ4n) is 3.33. The zero-order valence-corrected chi connectivity index (χ0v) is 10.6. The van der Waals surface area contributed by atoms with Gasteiger partial charge in [0.15, 0.2) is 0 Å². The minimum atomic E-state index is 0.193. The van der Waals surface area contributed by atoms with Gasteiger partial charge >= 0.3 is 0 Å². The molecule has 2 fully saturated rings. The van der Waals surface area contributed by atoms with E-state index in [2.05, 4.69) is 22.7 Å². The zero-order valence-electron chi connectivity index (χ0n) is 10.6. The lowest BCUT2D eigenvalue weighted by atomic mass is 9.94. The van der Waals surface area contributed by atoms with Gasteiger partial charge in [0.2, 0.25) is 0 Å². The predicted molar refractivity (Wildman–Crippen MR) is 71.8 cm³/mol. The Bertz CT molecular complexity index is 446. The van der Waals surface area contributed by atoms with E-state index in [1.54, 1.807) is 0 Å². The molecule has 1 aromatic rings. The number of nitrogens with zero attached hydrogens (tertiary/aromatic N) is 2. The number of nitrogens with one attached hydrogen (secondary N) is 1. The molecule has 2 aliphatic rings. The van der Waals surface area contributed by atoms with Crippen molar-refractivity contribution in [2.75, 3.05) is 12.1 Å². The molecule has 3 rings (SSSR count). The summed E-state index contributed by atoms with van der Waals surface area (Å²) in [5.74, 6) is 1.11. The molecule has 4 nitrogen and oxygen atoms in total. The first kappa shape index (κ1) is 11.5. The molecule has 2 N–H and O–H groups in total. The minimum Gasteiger partial charge on any atom is -0.411 e. The van der Waals surface area contributed by atoms with E-state index in [-0.39, 0.29) is 6.04 Å². The largest absolute Gasteiger partial charge is 0.411 e. The third-order valence-electron chi connectivity index (χ3n) is 4.27. The molecular weight excluding hydrogens is 226 g/mol. The van der Waals surface area contributed by atoms with Gasteiger partial charge in [0, 0.05) is 13.0 Å². The molecule has 1 aromatic carbocycles. The van der Waals surface area contributed by atoms with Crippen LogP contribution in [0.5, 0.6) is 0 Å². The molecule has 2 bridgehead atoms. The molecule has 0 amide bonds. The molecule has 3 atom stereocenters. The summed E-state index contributed by atoms with van der Waals surface area (Å²) < 4.78 is 0. The van der Waals surface area contributed by atoms with Crippen LogP contribution in [0.3, 0.4) is 0 Å². The lowest BCUT2D eigenvalue weighted by Gasteiger charge is -2.30. The highest BCUT2D eigenvalue weighted by molar-refractivity contribution is 5.94. The normalized spacial score (nSPS) is 32.1. The van der Waals surface area contributed by atoms with Crippen LogP contribution in [0.25, 0.3) is 0 Å². The number of benzene rings is 1. The second-order valence-electron chi connectivity index (χ2n) is 5.30. The van der Waals surface area contributed by atoms with Crippen LogP contribution in [0.1, 0.15) is 19.3 Å². The van der Waals surface area contributed by atoms with Gasteiger partial charge < -0.3 is 10.2 Å². The number of hydrogen-bond acceptors (Lipinski definition) is 4. The SMILES string of the molecule is CN(N[C@H]1/C(=N/O)[C@H]2CC[C@@H]1C2)c1ccccc1. The molecule has 0 heterocycles. The quantitative estimate of drug-likeness (QED) is 0.634. The fourth-order valence-corrected chi connectivity index (χ4v) is 3.33. The molecule has 0 radical (unpaired) electrons. The van der Waals surface area contributed by atoms with Crippen molar-refractivity contribution >= 4 is 11.4 Å². The summed E-state index contributed by atoms with van der Waals surface area (Å²) in [6, 6.07) is 10.4. The van der Waals surface area contributed by atoms with Crippen LogP contribution in [-0.4, -0.2) is 24.0 Å². The maximum atomic E-state index is 9.17. The smallest absolute Gasteiger partial charge is 0.0791 e. The summed E-state index contributed by atoms with van der Waals surface area (Å²) in [4.78, 5) is 0. The van der Waals surface area contributed by atoms with E-state index in [0.717, 1.165) is 11.4 Å². The summed E-state index contributed by atoms with van der Waals surface area (Å²) in [6.45, 7) is 0. The number of para-hydroxylation sites is 1. The zero-order chi connectivity index (χ0) is 12.5. The molecular formula is C14H19N3O. The summed E-state index contributed by atoms with van der Waals surface area (Å²) in [6.07, 6.45) is 3.58. The highest BCUT2D eigenvalue weighted by atomic mass is 16.4. The second kappa shape index (κ2) is 4.61. The summed E-state index contributed by atoms with van der Waals surface area (Å²) >= 11 is 0. The Morgan fingerprint density at radius 1 is 1.28 bits per heavy atom. The van der Waals surface area contributed by atoms with E-state index >= 15 is 0 Å². The van der Waals surface area contributed by atoms with Gasteiger partial charge in [0.1, 0.15) is 0 Å². The van der Waals surface area contributed by atoms with Gasteiger partial charge in [-0.3, -0.25) is 0 Å². The Morgan fingerprint density at radius 2 is 2.06 bits per heavy atom. The van der Waals surface area contributed by atoms with Gasteiger partial charge in [0.25, 0.3) is 0 Å². The Hall–Kier alpha value is -1.55. The Labute approximate surface area is 107 Å². The molecule has 96 valence electrons. The molecule has 0 saturated heterocycles. The Balaban J connectivity index is 1.73. The van der Waals surface area contributed by atoms with E-state index in [1.807, 2.05) is 30.3 Å². The van der Waals surface area contributed by atoms with Gasteiger partial charge in [-0.25, -0.2) is 5.43 Å². The van der Waals surface area contributed by atoms with Crippen molar-refractivity contribution in [3.05, 3.63) is 30.3 Å². The van der Waals surface area contributed by atoms with E-state index in [0.29, 0.717) is 11.8 Å². The van der Waals surface area contributed by atoms with Crippen LogP contribution in [0, 0.1) is 11.8 Å². The second-order valence-corrected chi connectivity index (χ2v) is 5.30. The summed E-state index contributed by atoms with van der Waals surface area (Å²) in [7, 11) is 2.01. The van der Waals surface area contributed by atoms with E-state index in [1.165, 1.54) is 19.3 Å². The Kier molecular flexibility index (Phi) is 2.96. The number of hydrogen-bond donors (Lipinski definition) is 2. The molecule has 4 heteroatoms. The first-order chi connectivity index (χ1) is 8.79. The molecule has 0 aromatic heterocycles. The first-order valence-corrected chi connectivity index (χ1v) is 6.56. The minimum absolute atomic E-state index is 0.193. The fraction of sp³-hybridized carbons (Fsp3) is 0.500. The standard InChI is InChI=1S/C14H19N3O/c1-17(12-5-3-2-4-6-12)15-13-10-7-8-11(9-10)14(13)16-18/h2-6,10-11,13,15,18H,7-9H2,1H3/b16-14+/t10-,11+,13-/m1/s1. The first-order valence-electron chi connectivity index (χ1n) is 6.56. The predicted octanol–water partition coefficient (Wildman–Crippen LogP) is 2.26. The van der Waals surface area contributed by atoms with Crippen LogP contribution >= 0.6 is 0 Å². The van der Waals surface area contributed by atoms with Crippen LogP contribution in [0.4, 0.5) is 5.69 Å². The third-order valence-corrected chi connectivity index (χ3v) is 4.27. The number of rotatable bonds is 3. The monoisotopic (exact) mass is 245 g/mol. The topological polar surface area (TPSA) is 47.9 Å². The maximum absolute atomic E-state index is 9.17. The molecule has 18 heavy (non-hydrogen) atoms. The van der Waals surface area contributed by atoms with E-state index in [9.17, 15) is 5.21 Å². The average Bonchev–Trinajstić information content (AvgIpc) is 3.00. The van der Waals surface area contributed by atoms with Crippen LogP contribution in [0.15, 0.2) is 35.5 Å². The maximum Gasteiger partial charge on any atom is 0.0791 e. The van der Waals surface area contributed by atoms with Crippen LogP contribution in [-0.2, 0) is 0 Å². The highest BCUT2D eigenvalue weighted by Crippen LogP contribution is 2.43. The molecule has 2 saturated carbocycles. The number of oxime groups is 1. The van der Waals surface area contributed by atoms with E-state index in [4.69, 9.17) is 0 Å². The Morgan fingerprint density at radius 3 is 2.78 bits per heavy atom. The molecule has 2 aliphatic carbocycles. The number of fused-ring (bicyclic) bond motifs is 2. The van der Waals surface area contributed by atoms with Crippen molar-refractivity contribution in [2.24, 2.45) is 17.0 Å². The lowest BCUT2D eigenvalue weighted by molar-refractivity contribution is 0.309. The van der Waals surface area contributed by atoms with Crippen molar-refractivity contribution < 1.29 is 5.21 Å². The third kappa shape index (κ3) is 1.86. The summed E-state index contributed by atoms with van der Waals surface area (Å²) in [5.41, 5.74) is 5.53. The van der Waals surface area contributed by atoms with Crippen molar-refractivity contribution in [1.29, 1.82) is 0 Å². The van der Waals surface area contributed by atoms with Crippen LogP contribution in [0.2, 0.25) is 0 Å². The van der Waals surface area contributed by atoms with Crippen molar-refractivity contribution in [2.45, 2.75) is 25.3 Å². The van der Waals surface area contributed by atoms with Gasteiger partial charge in [-0.05, 0) is 37.3 Å². The average molecular weight is 245 g/mol. The number of hydrazine groups is 1. The number of anilines is 1. The van der Waals surface area contributed by atoms with Gasteiger partial charge in [-0.1, -0.05) is 23.4 Å². The van der Waals surface area contributed by atoms with Gasteiger partial charge in [-0.15, -0.1) is 0 Å². The highest BCUT2D eigenvalue weighted by Gasteiger charge is 2.45. The van der Waals surface area contributed by atoms with Crippen molar-refractivity contribution in [1.82, 2.24) is 5.43 Å². The molecule has 0 unspecified atom stereocenters. The van der Waals surface area contributed by atoms with Gasteiger partial charge in [0.05, 0.1) is 17.4 Å². The lowest BCUT2D eigenvalue weighted by Crippen LogP contribution is -2.49. The van der Waals surface area contributed by atoms with Crippen molar-refractivity contribution in [3.63, 3.8) is 0 Å². The van der Waals surface area contributed by atoms with Crippen LogP contribution < -0.4 is 10.4 Å². The van der Waals surface area contributed by atoms with Crippen molar-refractivity contribution in [3.8, 4) is 0 Å². The summed E-state index contributed by atoms with van der Waals surface area (Å²) in [5, 5.41) is 14.7. The molecule has 0 aliphatic heterocycles. The van der Waals surface area contributed by atoms with E-state index < -0.39 is 0 Å². The molecule has 0 spiro atoms.